The second-order valence-corrected chi connectivity index (χ2v) is 4.48. The van der Waals surface area contributed by atoms with Crippen LogP contribution in [0, 0.1) is 5.92 Å². The van der Waals surface area contributed by atoms with Crippen LogP contribution in [0.1, 0.15) is 32.1 Å². The van der Waals surface area contributed by atoms with Crippen LogP contribution < -0.4 is 5.32 Å². The Kier molecular flexibility index (Phi) is 3.16. The zero-order chi connectivity index (χ0) is 9.97. The highest BCUT2D eigenvalue weighted by Crippen LogP contribution is 2.31. The monoisotopic (exact) mass is 217 g/mol. The van der Waals surface area contributed by atoms with E-state index >= 15 is 0 Å². The Morgan fingerprint density at radius 1 is 1.36 bits per heavy atom. The molecule has 0 unspecified atom stereocenters. The summed E-state index contributed by atoms with van der Waals surface area (Å²) in [7, 11) is 0. The van der Waals surface area contributed by atoms with Crippen LogP contribution in [0.4, 0.5) is 4.79 Å². The van der Waals surface area contributed by atoms with Gasteiger partial charge in [0.15, 0.2) is 0 Å². The molecule has 1 aliphatic heterocycles. The van der Waals surface area contributed by atoms with Gasteiger partial charge in [-0.2, -0.15) is 0 Å². The largest absolute Gasteiger partial charge is 0.444 e. The van der Waals surface area contributed by atoms with Crippen molar-refractivity contribution in [1.82, 2.24) is 5.32 Å². The number of rotatable bonds is 2. The van der Waals surface area contributed by atoms with E-state index in [1.54, 1.807) is 0 Å². The van der Waals surface area contributed by atoms with Crippen molar-refractivity contribution in [3.63, 3.8) is 0 Å². The second kappa shape index (κ2) is 4.39. The molecule has 0 aromatic carbocycles. The molecule has 2 rings (SSSR count). The van der Waals surface area contributed by atoms with Gasteiger partial charge in [0, 0.05) is 5.88 Å². The summed E-state index contributed by atoms with van der Waals surface area (Å²) >= 11 is 5.79. The molecular formula is C10H16ClNO2. The first kappa shape index (κ1) is 10.1. The van der Waals surface area contributed by atoms with Crippen LogP contribution in [0.5, 0.6) is 0 Å². The van der Waals surface area contributed by atoms with Gasteiger partial charge in [-0.1, -0.05) is 19.3 Å². The zero-order valence-corrected chi connectivity index (χ0v) is 8.93. The third kappa shape index (κ3) is 1.97. The average Bonchev–Trinajstić information content (AvgIpc) is 2.61. The number of nitrogens with one attached hydrogen (secondary N) is 1. The average molecular weight is 218 g/mol. The lowest BCUT2D eigenvalue weighted by Gasteiger charge is -2.28. The van der Waals surface area contributed by atoms with Crippen molar-refractivity contribution < 1.29 is 9.53 Å². The lowest BCUT2D eigenvalue weighted by Crippen LogP contribution is -2.38. The van der Waals surface area contributed by atoms with E-state index in [1.807, 2.05) is 0 Å². The fraction of sp³-hybridized carbons (Fsp3) is 0.900. The Labute approximate surface area is 89.1 Å². The molecule has 1 saturated carbocycles. The van der Waals surface area contributed by atoms with Crippen LogP contribution in [0.2, 0.25) is 0 Å². The van der Waals surface area contributed by atoms with E-state index in [9.17, 15) is 4.79 Å². The number of halogens is 1. The van der Waals surface area contributed by atoms with Crippen LogP contribution in [0.15, 0.2) is 0 Å². The number of cyclic esters (lactones) is 1. The number of hydrogen-bond donors (Lipinski definition) is 1. The van der Waals surface area contributed by atoms with Crippen molar-refractivity contribution in [2.24, 2.45) is 5.92 Å². The van der Waals surface area contributed by atoms with Gasteiger partial charge in [-0.25, -0.2) is 4.79 Å². The van der Waals surface area contributed by atoms with Crippen LogP contribution in [-0.2, 0) is 4.74 Å². The lowest BCUT2D eigenvalue weighted by atomic mass is 9.83. The Morgan fingerprint density at radius 3 is 2.71 bits per heavy atom. The minimum atomic E-state index is -0.300. The Hall–Kier alpha value is -0.440. The van der Waals surface area contributed by atoms with Crippen molar-refractivity contribution in [2.75, 3.05) is 5.88 Å². The zero-order valence-electron chi connectivity index (χ0n) is 8.17. The number of hydrogen-bond acceptors (Lipinski definition) is 2. The maximum atomic E-state index is 11.1. The normalized spacial score (nSPS) is 33.9. The van der Waals surface area contributed by atoms with Crippen LogP contribution in [0.3, 0.4) is 0 Å². The number of alkyl halides is 1. The van der Waals surface area contributed by atoms with E-state index in [0.29, 0.717) is 11.8 Å². The molecule has 0 aromatic rings. The van der Waals surface area contributed by atoms with E-state index in [2.05, 4.69) is 5.32 Å². The smallest absolute Gasteiger partial charge is 0.407 e. The van der Waals surface area contributed by atoms with E-state index in [0.717, 1.165) is 0 Å². The molecule has 1 heterocycles. The first-order valence-corrected chi connectivity index (χ1v) is 5.88. The molecule has 0 spiro atoms. The summed E-state index contributed by atoms with van der Waals surface area (Å²) in [5, 5.41) is 2.76. The summed E-state index contributed by atoms with van der Waals surface area (Å²) in [5.41, 5.74) is 0. The molecule has 2 atom stereocenters. The van der Waals surface area contributed by atoms with Gasteiger partial charge >= 0.3 is 6.09 Å². The van der Waals surface area contributed by atoms with Crippen LogP contribution >= 0.6 is 11.6 Å². The Balaban J connectivity index is 1.97. The van der Waals surface area contributed by atoms with E-state index in [-0.39, 0.29) is 18.2 Å². The molecule has 0 bridgehead atoms. The second-order valence-electron chi connectivity index (χ2n) is 4.17. The molecule has 1 saturated heterocycles. The summed E-state index contributed by atoms with van der Waals surface area (Å²) in [6, 6.07) is 0.0206. The molecule has 80 valence electrons. The molecule has 0 aromatic heterocycles. The van der Waals surface area contributed by atoms with Crippen molar-refractivity contribution in [2.45, 2.75) is 44.2 Å². The lowest BCUT2D eigenvalue weighted by molar-refractivity contribution is 0.0770. The van der Waals surface area contributed by atoms with Crippen LogP contribution in [-0.4, -0.2) is 24.1 Å². The highest BCUT2D eigenvalue weighted by atomic mass is 35.5. The molecule has 4 heteroatoms. The first-order chi connectivity index (χ1) is 6.81. The van der Waals surface area contributed by atoms with E-state index in [4.69, 9.17) is 16.3 Å². The number of ether oxygens (including phenoxy) is 1. The fourth-order valence-electron chi connectivity index (χ4n) is 2.49. The minimum Gasteiger partial charge on any atom is -0.444 e. The first-order valence-electron chi connectivity index (χ1n) is 5.34. The van der Waals surface area contributed by atoms with E-state index < -0.39 is 0 Å². The SMILES string of the molecule is O=C1N[C@@H](CCl)[C@@H](C2CCCCC2)O1. The summed E-state index contributed by atoms with van der Waals surface area (Å²) in [4.78, 5) is 11.1. The predicted octanol–water partition coefficient (Wildman–Crippen LogP) is 2.28. The van der Waals surface area contributed by atoms with E-state index in [1.165, 1.54) is 32.1 Å². The summed E-state index contributed by atoms with van der Waals surface area (Å²) in [6.45, 7) is 0. The minimum absolute atomic E-state index is 0.0142. The van der Waals surface area contributed by atoms with Crippen molar-refractivity contribution in [1.29, 1.82) is 0 Å². The molecule has 1 aliphatic carbocycles. The molecule has 14 heavy (non-hydrogen) atoms. The van der Waals surface area contributed by atoms with Gasteiger partial charge in [0.2, 0.25) is 0 Å². The predicted molar refractivity (Wildman–Crippen MR) is 54.5 cm³/mol. The number of amides is 1. The molecular weight excluding hydrogens is 202 g/mol. The molecule has 2 fully saturated rings. The standard InChI is InChI=1S/C10H16ClNO2/c11-6-8-9(14-10(13)12-8)7-4-2-1-3-5-7/h7-9H,1-6H2,(H,12,13)/t8-,9+/m0/s1. The maximum absolute atomic E-state index is 11.1. The Morgan fingerprint density at radius 2 is 2.07 bits per heavy atom. The molecule has 1 amide bonds. The Bertz CT molecular complexity index is 216. The van der Waals surface area contributed by atoms with Crippen molar-refractivity contribution >= 4 is 17.7 Å². The number of carbonyl (C=O) groups is 1. The number of alkyl carbamates (subject to hydrolysis) is 1. The molecule has 2 aliphatic rings. The third-order valence-electron chi connectivity index (χ3n) is 3.22. The molecule has 1 N–H and O–H groups in total. The summed E-state index contributed by atoms with van der Waals surface area (Å²) in [5.74, 6) is 0.971. The van der Waals surface area contributed by atoms with Gasteiger partial charge < -0.3 is 10.1 Å². The fourth-order valence-corrected chi connectivity index (χ4v) is 2.74. The quantitative estimate of drug-likeness (QED) is 0.721. The molecule has 3 nitrogen and oxygen atoms in total. The van der Waals surface area contributed by atoms with Gasteiger partial charge in [-0.3, -0.25) is 0 Å². The number of carbonyl (C=O) groups excluding carboxylic acids is 1. The van der Waals surface area contributed by atoms with Crippen molar-refractivity contribution in [3.8, 4) is 0 Å². The third-order valence-corrected chi connectivity index (χ3v) is 3.56. The highest BCUT2D eigenvalue weighted by Gasteiger charge is 2.39. The van der Waals surface area contributed by atoms with Gasteiger partial charge in [-0.15, -0.1) is 11.6 Å². The van der Waals surface area contributed by atoms with Gasteiger partial charge in [0.25, 0.3) is 0 Å². The molecule has 0 radical (unpaired) electrons. The highest BCUT2D eigenvalue weighted by molar-refractivity contribution is 6.18. The summed E-state index contributed by atoms with van der Waals surface area (Å²) in [6.07, 6.45) is 5.89. The summed E-state index contributed by atoms with van der Waals surface area (Å²) < 4.78 is 5.27. The van der Waals surface area contributed by atoms with Crippen molar-refractivity contribution in [3.05, 3.63) is 0 Å². The van der Waals surface area contributed by atoms with Gasteiger partial charge in [0.05, 0.1) is 6.04 Å². The van der Waals surface area contributed by atoms with Gasteiger partial charge in [-0.05, 0) is 18.8 Å². The topological polar surface area (TPSA) is 38.3 Å². The van der Waals surface area contributed by atoms with Gasteiger partial charge in [0.1, 0.15) is 6.10 Å². The van der Waals surface area contributed by atoms with Crippen LogP contribution in [0.25, 0.3) is 0 Å². The maximum Gasteiger partial charge on any atom is 0.407 e.